The monoisotopic (exact) mass is 383 g/mol. The van der Waals surface area contributed by atoms with Gasteiger partial charge in [-0.2, -0.15) is 0 Å². The fourth-order valence-electron chi connectivity index (χ4n) is 4.62. The molecule has 2 aliphatic rings. The molecular weight excluding hydrogens is 354 g/mol. The minimum atomic E-state index is -0.221. The number of urea groups is 1. The second-order valence-electron chi connectivity index (χ2n) is 8.21. The highest BCUT2D eigenvalue weighted by atomic mass is 16.3. The zero-order valence-corrected chi connectivity index (χ0v) is 16.4. The number of carbonyl (C=O) groups excluding carboxylic acids is 1. The van der Waals surface area contributed by atoms with Crippen LogP contribution in [0.3, 0.4) is 0 Å². The van der Waals surface area contributed by atoms with Crippen molar-refractivity contribution in [3.63, 3.8) is 0 Å². The summed E-state index contributed by atoms with van der Waals surface area (Å²) >= 11 is 0. The third-order valence-electron chi connectivity index (χ3n) is 6.27. The van der Waals surface area contributed by atoms with Crippen LogP contribution in [0.4, 0.5) is 4.79 Å². The Morgan fingerprint density at radius 3 is 2.82 bits per heavy atom. The van der Waals surface area contributed by atoms with Gasteiger partial charge in [-0.15, -0.1) is 0 Å². The van der Waals surface area contributed by atoms with Gasteiger partial charge in [0.1, 0.15) is 0 Å². The van der Waals surface area contributed by atoms with Gasteiger partial charge in [0.25, 0.3) is 0 Å². The van der Waals surface area contributed by atoms with Gasteiger partial charge in [-0.25, -0.2) is 9.78 Å². The molecule has 0 saturated carbocycles. The molecule has 2 fully saturated rings. The summed E-state index contributed by atoms with van der Waals surface area (Å²) in [7, 11) is 0. The lowest BCUT2D eigenvalue weighted by Crippen LogP contribution is -2.43. The summed E-state index contributed by atoms with van der Waals surface area (Å²) in [6.45, 7) is 6.56. The van der Waals surface area contributed by atoms with Crippen LogP contribution in [0.1, 0.15) is 17.0 Å². The van der Waals surface area contributed by atoms with E-state index in [2.05, 4.69) is 32.3 Å². The molecular formula is C21H29N5O2. The van der Waals surface area contributed by atoms with Crippen molar-refractivity contribution in [1.82, 2.24) is 25.1 Å². The lowest BCUT2D eigenvalue weighted by atomic mass is 9.82. The molecule has 0 radical (unpaired) electrons. The molecule has 3 N–H and O–H groups in total. The van der Waals surface area contributed by atoms with E-state index < -0.39 is 0 Å². The smallest absolute Gasteiger partial charge is 0.317 e. The number of aliphatic hydroxyl groups is 1. The molecule has 2 aromatic rings. The average Bonchev–Trinajstić information content (AvgIpc) is 3.35. The number of H-pyrrole nitrogens is 1. The number of aromatic amines is 1. The fraction of sp³-hybridized carbons (Fsp3) is 0.524. The number of nitrogens with zero attached hydrogens (tertiary/aromatic N) is 3. The molecule has 2 saturated heterocycles. The van der Waals surface area contributed by atoms with E-state index in [9.17, 15) is 9.90 Å². The number of aromatic nitrogens is 2. The van der Waals surface area contributed by atoms with Gasteiger partial charge in [0.05, 0.1) is 18.6 Å². The number of rotatable bonds is 6. The van der Waals surface area contributed by atoms with Crippen molar-refractivity contribution < 1.29 is 9.90 Å². The first-order chi connectivity index (χ1) is 13.6. The molecule has 0 aliphatic carbocycles. The standard InChI is InChI=1S/C21H29N5O2/c1-16-19(24-15-23-16)11-25-9-18-10-26(13-21(18,12-25)14-27)20(28)22-8-7-17-5-3-2-4-6-17/h2-6,15,18,27H,7-14H2,1H3,(H,22,28)(H,23,24). The number of aryl methyl sites for hydroxylation is 1. The number of amides is 2. The van der Waals surface area contributed by atoms with Crippen molar-refractivity contribution in [3.8, 4) is 0 Å². The quantitative estimate of drug-likeness (QED) is 0.704. The number of fused-ring (bicyclic) bond motifs is 1. The van der Waals surface area contributed by atoms with Crippen LogP contribution >= 0.6 is 0 Å². The molecule has 2 unspecified atom stereocenters. The van der Waals surface area contributed by atoms with Gasteiger partial charge < -0.3 is 20.3 Å². The van der Waals surface area contributed by atoms with Crippen LogP contribution in [-0.2, 0) is 13.0 Å². The van der Waals surface area contributed by atoms with Gasteiger partial charge in [-0.05, 0) is 18.9 Å². The minimum Gasteiger partial charge on any atom is -0.396 e. The molecule has 2 atom stereocenters. The van der Waals surface area contributed by atoms with Gasteiger partial charge in [-0.1, -0.05) is 30.3 Å². The number of carbonyl (C=O) groups is 1. The summed E-state index contributed by atoms with van der Waals surface area (Å²) in [6.07, 6.45) is 2.55. The van der Waals surface area contributed by atoms with Gasteiger partial charge in [0.2, 0.25) is 0 Å². The molecule has 3 heterocycles. The van der Waals surface area contributed by atoms with Crippen LogP contribution < -0.4 is 5.32 Å². The van der Waals surface area contributed by atoms with E-state index in [1.165, 1.54) is 5.56 Å². The Kier molecular flexibility index (Phi) is 5.37. The number of imidazole rings is 1. The molecule has 150 valence electrons. The largest absolute Gasteiger partial charge is 0.396 e. The highest BCUT2D eigenvalue weighted by molar-refractivity contribution is 5.74. The zero-order chi connectivity index (χ0) is 19.6. The third kappa shape index (κ3) is 3.77. The lowest BCUT2D eigenvalue weighted by molar-refractivity contribution is 0.114. The maximum atomic E-state index is 12.6. The predicted octanol–water partition coefficient (Wildman–Crippen LogP) is 1.40. The van der Waals surface area contributed by atoms with E-state index in [1.54, 1.807) is 6.33 Å². The molecule has 0 bridgehead atoms. The van der Waals surface area contributed by atoms with E-state index in [1.807, 2.05) is 30.0 Å². The Morgan fingerprint density at radius 2 is 2.14 bits per heavy atom. The second kappa shape index (κ2) is 7.93. The van der Waals surface area contributed by atoms with Gasteiger partial charge in [0, 0.05) is 56.3 Å². The van der Waals surface area contributed by atoms with E-state index in [-0.39, 0.29) is 18.1 Å². The van der Waals surface area contributed by atoms with Crippen molar-refractivity contribution >= 4 is 6.03 Å². The van der Waals surface area contributed by atoms with Gasteiger partial charge >= 0.3 is 6.03 Å². The molecule has 28 heavy (non-hydrogen) atoms. The minimum absolute atomic E-state index is 0.0205. The lowest BCUT2D eigenvalue weighted by Gasteiger charge is -2.27. The Morgan fingerprint density at radius 1 is 1.32 bits per heavy atom. The van der Waals surface area contributed by atoms with Crippen LogP contribution in [0.2, 0.25) is 0 Å². The summed E-state index contributed by atoms with van der Waals surface area (Å²) in [6, 6.07) is 10.1. The summed E-state index contributed by atoms with van der Waals surface area (Å²) in [5.41, 5.74) is 3.15. The van der Waals surface area contributed by atoms with Gasteiger partial charge in [-0.3, -0.25) is 4.90 Å². The van der Waals surface area contributed by atoms with E-state index in [4.69, 9.17) is 0 Å². The summed E-state index contributed by atoms with van der Waals surface area (Å²) in [5.74, 6) is 0.302. The zero-order valence-electron chi connectivity index (χ0n) is 16.4. The molecule has 1 aromatic carbocycles. The van der Waals surface area contributed by atoms with Crippen molar-refractivity contribution in [2.45, 2.75) is 19.9 Å². The fourth-order valence-corrected chi connectivity index (χ4v) is 4.62. The Labute approximate surface area is 165 Å². The van der Waals surface area contributed by atoms with Crippen LogP contribution in [0.5, 0.6) is 0 Å². The molecule has 0 spiro atoms. The molecule has 7 heteroatoms. The number of aliphatic hydroxyl groups excluding tert-OH is 1. The van der Waals surface area contributed by atoms with E-state index in [0.29, 0.717) is 25.6 Å². The first-order valence-electron chi connectivity index (χ1n) is 9.98. The molecule has 4 rings (SSSR count). The highest BCUT2D eigenvalue weighted by Crippen LogP contribution is 2.42. The normalized spacial score (nSPS) is 24.5. The molecule has 2 aliphatic heterocycles. The second-order valence-corrected chi connectivity index (χ2v) is 8.21. The number of hydrogen-bond acceptors (Lipinski definition) is 4. The van der Waals surface area contributed by atoms with Crippen LogP contribution in [0.25, 0.3) is 0 Å². The van der Waals surface area contributed by atoms with E-state index in [0.717, 1.165) is 37.4 Å². The SMILES string of the molecule is Cc1[nH]cnc1CN1CC2CN(C(=O)NCCc3ccccc3)CC2(CO)C1. The van der Waals surface area contributed by atoms with Crippen molar-refractivity contribution in [1.29, 1.82) is 0 Å². The van der Waals surface area contributed by atoms with Crippen LogP contribution in [0, 0.1) is 18.3 Å². The first-order valence-corrected chi connectivity index (χ1v) is 9.98. The number of hydrogen-bond donors (Lipinski definition) is 3. The summed E-state index contributed by atoms with van der Waals surface area (Å²) in [4.78, 5) is 24.4. The van der Waals surface area contributed by atoms with Crippen LogP contribution in [-0.4, -0.2) is 70.2 Å². The summed E-state index contributed by atoms with van der Waals surface area (Å²) < 4.78 is 0. The van der Waals surface area contributed by atoms with Crippen molar-refractivity contribution in [2.75, 3.05) is 39.3 Å². The molecule has 2 amide bonds. The Balaban J connectivity index is 1.30. The predicted molar refractivity (Wildman–Crippen MR) is 107 cm³/mol. The maximum absolute atomic E-state index is 12.6. The van der Waals surface area contributed by atoms with E-state index >= 15 is 0 Å². The van der Waals surface area contributed by atoms with Crippen molar-refractivity contribution in [2.24, 2.45) is 11.3 Å². The number of benzene rings is 1. The Bertz CT molecular complexity index is 808. The highest BCUT2D eigenvalue weighted by Gasteiger charge is 2.53. The number of likely N-dealkylation sites (tertiary alicyclic amines) is 2. The number of nitrogens with one attached hydrogen (secondary N) is 2. The topological polar surface area (TPSA) is 84.5 Å². The third-order valence-corrected chi connectivity index (χ3v) is 6.27. The summed E-state index contributed by atoms with van der Waals surface area (Å²) in [5, 5.41) is 13.2. The first kappa shape index (κ1) is 19.0. The molecule has 7 nitrogen and oxygen atoms in total. The van der Waals surface area contributed by atoms with Gasteiger partial charge in [0.15, 0.2) is 0 Å². The van der Waals surface area contributed by atoms with Crippen molar-refractivity contribution in [3.05, 3.63) is 53.6 Å². The Hall–Kier alpha value is -2.38. The maximum Gasteiger partial charge on any atom is 0.317 e. The van der Waals surface area contributed by atoms with Crippen LogP contribution in [0.15, 0.2) is 36.7 Å². The average molecular weight is 383 g/mol. The molecule has 1 aromatic heterocycles.